The van der Waals surface area contributed by atoms with Crippen molar-refractivity contribution >= 4 is 34.8 Å². The van der Waals surface area contributed by atoms with Gasteiger partial charge in [0.05, 0.1) is 0 Å². The van der Waals surface area contributed by atoms with E-state index in [9.17, 15) is 9.59 Å². The normalized spacial score (nSPS) is 10.1. The van der Waals surface area contributed by atoms with E-state index < -0.39 is 0 Å². The van der Waals surface area contributed by atoms with Gasteiger partial charge in [-0.2, -0.15) is 0 Å². The third-order valence-corrected chi connectivity index (χ3v) is 3.77. The minimum atomic E-state index is -0.266. The summed E-state index contributed by atoms with van der Waals surface area (Å²) in [5.41, 5.74) is 2.20. The van der Waals surface area contributed by atoms with Gasteiger partial charge in [-0.25, -0.2) is 0 Å². The number of benzene rings is 3. The van der Waals surface area contributed by atoms with E-state index in [-0.39, 0.29) is 11.8 Å². The molecule has 0 saturated carbocycles. The molecular formula is C20H15ClN2O2. The van der Waals surface area contributed by atoms with Crippen LogP contribution < -0.4 is 10.6 Å². The van der Waals surface area contributed by atoms with E-state index in [0.29, 0.717) is 27.5 Å². The van der Waals surface area contributed by atoms with E-state index in [4.69, 9.17) is 11.6 Å². The van der Waals surface area contributed by atoms with Gasteiger partial charge in [0.25, 0.3) is 11.8 Å². The van der Waals surface area contributed by atoms with Gasteiger partial charge in [0.1, 0.15) is 0 Å². The fourth-order valence-electron chi connectivity index (χ4n) is 2.27. The fraction of sp³-hybridized carbons (Fsp3) is 0. The molecule has 4 nitrogen and oxygen atoms in total. The van der Waals surface area contributed by atoms with Gasteiger partial charge in [-0.1, -0.05) is 35.9 Å². The molecule has 0 fully saturated rings. The van der Waals surface area contributed by atoms with Crippen LogP contribution in [0.2, 0.25) is 5.02 Å². The molecule has 0 bridgehead atoms. The Hall–Kier alpha value is -3.11. The van der Waals surface area contributed by atoms with E-state index in [2.05, 4.69) is 10.6 Å². The van der Waals surface area contributed by atoms with Crippen molar-refractivity contribution < 1.29 is 9.59 Å². The second-order valence-electron chi connectivity index (χ2n) is 5.36. The number of nitrogens with one attached hydrogen (secondary N) is 2. The maximum Gasteiger partial charge on any atom is 0.255 e. The zero-order chi connectivity index (χ0) is 17.6. The third kappa shape index (κ3) is 4.46. The SMILES string of the molecule is O=C(Nc1cccc(C(=O)Nc2ccc(Cl)cc2)c1)c1ccccc1. The van der Waals surface area contributed by atoms with Gasteiger partial charge < -0.3 is 10.6 Å². The van der Waals surface area contributed by atoms with Gasteiger partial charge in [-0.05, 0) is 54.6 Å². The number of carbonyl (C=O) groups excluding carboxylic acids is 2. The predicted octanol–water partition coefficient (Wildman–Crippen LogP) is 4.84. The number of hydrogen-bond donors (Lipinski definition) is 2. The molecule has 3 aromatic rings. The zero-order valence-corrected chi connectivity index (χ0v) is 14.0. The lowest BCUT2D eigenvalue weighted by molar-refractivity contribution is 0.101. The molecule has 0 aliphatic carbocycles. The summed E-state index contributed by atoms with van der Waals surface area (Å²) in [6.45, 7) is 0. The molecule has 0 aliphatic heterocycles. The maximum atomic E-state index is 12.4. The van der Waals surface area contributed by atoms with Crippen LogP contribution in [0.5, 0.6) is 0 Å². The Bertz CT molecular complexity index is 893. The van der Waals surface area contributed by atoms with Gasteiger partial charge in [-0.15, -0.1) is 0 Å². The smallest absolute Gasteiger partial charge is 0.255 e. The average Bonchev–Trinajstić information content (AvgIpc) is 2.64. The zero-order valence-electron chi connectivity index (χ0n) is 13.2. The van der Waals surface area contributed by atoms with E-state index in [0.717, 1.165) is 0 Å². The minimum absolute atomic E-state index is 0.226. The van der Waals surface area contributed by atoms with Gasteiger partial charge in [0, 0.05) is 27.5 Å². The second-order valence-corrected chi connectivity index (χ2v) is 5.80. The highest BCUT2D eigenvalue weighted by Crippen LogP contribution is 2.16. The molecule has 3 rings (SSSR count). The van der Waals surface area contributed by atoms with E-state index >= 15 is 0 Å². The van der Waals surface area contributed by atoms with Crippen molar-refractivity contribution in [2.24, 2.45) is 0 Å². The first-order chi connectivity index (χ1) is 12.1. The lowest BCUT2D eigenvalue weighted by atomic mass is 10.1. The van der Waals surface area contributed by atoms with Crippen LogP contribution >= 0.6 is 11.6 Å². The van der Waals surface area contributed by atoms with Crippen LogP contribution in [0.1, 0.15) is 20.7 Å². The third-order valence-electron chi connectivity index (χ3n) is 3.52. The van der Waals surface area contributed by atoms with Crippen LogP contribution in [0, 0.1) is 0 Å². The molecule has 2 N–H and O–H groups in total. The first-order valence-electron chi connectivity index (χ1n) is 7.65. The first kappa shape index (κ1) is 16.7. The molecule has 5 heteroatoms. The number of anilines is 2. The summed E-state index contributed by atoms with van der Waals surface area (Å²) in [4.78, 5) is 24.5. The Morgan fingerprint density at radius 3 is 1.96 bits per heavy atom. The Labute approximate surface area is 150 Å². The van der Waals surface area contributed by atoms with Crippen LogP contribution in [-0.2, 0) is 0 Å². The molecule has 25 heavy (non-hydrogen) atoms. The Kier molecular flexibility index (Phi) is 5.11. The monoisotopic (exact) mass is 350 g/mol. The molecule has 0 saturated heterocycles. The first-order valence-corrected chi connectivity index (χ1v) is 8.03. The van der Waals surface area contributed by atoms with Crippen LogP contribution in [0.25, 0.3) is 0 Å². The summed E-state index contributed by atoms with van der Waals surface area (Å²) < 4.78 is 0. The maximum absolute atomic E-state index is 12.4. The summed E-state index contributed by atoms with van der Waals surface area (Å²) in [5, 5.41) is 6.18. The van der Waals surface area contributed by atoms with E-state index in [1.807, 2.05) is 6.07 Å². The molecule has 0 aliphatic rings. The summed E-state index contributed by atoms with van der Waals surface area (Å²) in [6.07, 6.45) is 0. The molecular weight excluding hydrogens is 336 g/mol. The van der Waals surface area contributed by atoms with Crippen molar-refractivity contribution in [3.05, 3.63) is 95.0 Å². The molecule has 0 spiro atoms. The predicted molar refractivity (Wildman–Crippen MR) is 100 cm³/mol. The summed E-state index contributed by atoms with van der Waals surface area (Å²) >= 11 is 5.83. The molecule has 3 aromatic carbocycles. The molecule has 0 atom stereocenters. The minimum Gasteiger partial charge on any atom is -0.322 e. The number of carbonyl (C=O) groups is 2. The van der Waals surface area contributed by atoms with Crippen molar-refractivity contribution in [2.45, 2.75) is 0 Å². The Morgan fingerprint density at radius 1 is 0.640 bits per heavy atom. The molecule has 124 valence electrons. The highest BCUT2D eigenvalue weighted by atomic mass is 35.5. The average molecular weight is 351 g/mol. The van der Waals surface area contributed by atoms with Crippen molar-refractivity contribution in [1.82, 2.24) is 0 Å². The van der Waals surface area contributed by atoms with Crippen molar-refractivity contribution in [2.75, 3.05) is 10.6 Å². The molecule has 0 heterocycles. The van der Waals surface area contributed by atoms with E-state index in [1.54, 1.807) is 72.8 Å². The van der Waals surface area contributed by atoms with Crippen LogP contribution in [0.3, 0.4) is 0 Å². The lowest BCUT2D eigenvalue weighted by Crippen LogP contribution is -2.14. The van der Waals surface area contributed by atoms with Crippen molar-refractivity contribution in [1.29, 1.82) is 0 Å². The second kappa shape index (κ2) is 7.64. The molecule has 2 amide bonds. The number of amides is 2. The van der Waals surface area contributed by atoms with Gasteiger partial charge in [0.15, 0.2) is 0 Å². The number of hydrogen-bond acceptors (Lipinski definition) is 2. The molecule has 0 unspecified atom stereocenters. The Morgan fingerprint density at radius 2 is 1.24 bits per heavy atom. The quantitative estimate of drug-likeness (QED) is 0.707. The van der Waals surface area contributed by atoms with Gasteiger partial charge in [0.2, 0.25) is 0 Å². The highest BCUT2D eigenvalue weighted by Gasteiger charge is 2.09. The topological polar surface area (TPSA) is 58.2 Å². The Balaban J connectivity index is 1.71. The van der Waals surface area contributed by atoms with Gasteiger partial charge in [-0.3, -0.25) is 9.59 Å². The largest absolute Gasteiger partial charge is 0.322 e. The fourth-order valence-corrected chi connectivity index (χ4v) is 2.39. The number of rotatable bonds is 4. The summed E-state index contributed by atoms with van der Waals surface area (Å²) in [6, 6.07) is 22.5. The van der Waals surface area contributed by atoms with Crippen molar-refractivity contribution in [3.8, 4) is 0 Å². The van der Waals surface area contributed by atoms with Gasteiger partial charge >= 0.3 is 0 Å². The van der Waals surface area contributed by atoms with Crippen LogP contribution in [-0.4, -0.2) is 11.8 Å². The summed E-state index contributed by atoms with van der Waals surface area (Å²) in [7, 11) is 0. The van der Waals surface area contributed by atoms with Crippen molar-refractivity contribution in [3.63, 3.8) is 0 Å². The highest BCUT2D eigenvalue weighted by molar-refractivity contribution is 6.30. The molecule has 0 aromatic heterocycles. The number of halogens is 1. The van der Waals surface area contributed by atoms with Crippen LogP contribution in [0.15, 0.2) is 78.9 Å². The lowest BCUT2D eigenvalue weighted by Gasteiger charge is -2.08. The summed E-state index contributed by atoms with van der Waals surface area (Å²) in [5.74, 6) is -0.492. The van der Waals surface area contributed by atoms with E-state index in [1.165, 1.54) is 0 Å². The standard InChI is InChI=1S/C20H15ClN2O2/c21-16-9-11-17(12-10-16)22-20(25)15-7-4-8-18(13-15)23-19(24)14-5-2-1-3-6-14/h1-13H,(H,22,25)(H,23,24). The van der Waals surface area contributed by atoms with Crippen LogP contribution in [0.4, 0.5) is 11.4 Å². The molecule has 0 radical (unpaired) electrons.